The molecule has 0 fully saturated rings. The number of ether oxygens (including phenoxy) is 1. The van der Waals surface area contributed by atoms with Crippen LogP contribution >= 0.6 is 0 Å². The topological polar surface area (TPSA) is 75.6 Å². The van der Waals surface area contributed by atoms with Crippen molar-refractivity contribution in [3.63, 3.8) is 0 Å². The minimum atomic E-state index is -1.08. The summed E-state index contributed by atoms with van der Waals surface area (Å²) in [5, 5.41) is 12.0. The predicted molar refractivity (Wildman–Crippen MR) is 128 cm³/mol. The number of amides is 1. The van der Waals surface area contributed by atoms with E-state index in [2.05, 4.69) is 24.4 Å². The summed E-state index contributed by atoms with van der Waals surface area (Å²) in [5.74, 6) is -0.882. The highest BCUT2D eigenvalue weighted by atomic mass is 16.5. The second-order valence-electron chi connectivity index (χ2n) is 8.10. The third-order valence-corrected chi connectivity index (χ3v) is 5.38. The van der Waals surface area contributed by atoms with Gasteiger partial charge in [0.05, 0.1) is 7.11 Å². The van der Waals surface area contributed by atoms with E-state index in [1.54, 1.807) is 12.1 Å². The van der Waals surface area contributed by atoms with Crippen LogP contribution in [0.1, 0.15) is 107 Å². The summed E-state index contributed by atoms with van der Waals surface area (Å²) in [6, 6.07) is 4.64. The Morgan fingerprint density at radius 3 is 2.06 bits per heavy atom. The van der Waals surface area contributed by atoms with Crippen molar-refractivity contribution < 1.29 is 19.4 Å². The fourth-order valence-corrected chi connectivity index (χ4v) is 3.53. The molecule has 2 N–H and O–H groups in total. The zero-order valence-corrected chi connectivity index (χ0v) is 19.5. The van der Waals surface area contributed by atoms with Crippen molar-refractivity contribution in [3.05, 3.63) is 35.9 Å². The van der Waals surface area contributed by atoms with Gasteiger partial charge in [0, 0.05) is 12.1 Å². The molecule has 1 amide bonds. The molecule has 5 nitrogen and oxygen atoms in total. The first-order valence-electron chi connectivity index (χ1n) is 11.9. The molecule has 0 saturated carbocycles. The number of carbonyl (C=O) groups excluding carboxylic acids is 1. The second-order valence-corrected chi connectivity index (χ2v) is 8.10. The predicted octanol–water partition coefficient (Wildman–Crippen LogP) is 7.37. The van der Waals surface area contributed by atoms with Gasteiger partial charge in [0.25, 0.3) is 0 Å². The van der Waals surface area contributed by atoms with E-state index in [-0.39, 0.29) is 17.2 Å². The number of methoxy groups -OCH3 is 1. The summed E-state index contributed by atoms with van der Waals surface area (Å²) < 4.78 is 5.03. The Morgan fingerprint density at radius 2 is 1.48 bits per heavy atom. The lowest BCUT2D eigenvalue weighted by Gasteiger charge is -2.09. The number of nitrogens with one attached hydrogen (secondary N) is 1. The molecule has 31 heavy (non-hydrogen) atoms. The lowest BCUT2D eigenvalue weighted by atomic mass is 10.1. The van der Waals surface area contributed by atoms with E-state index in [0.29, 0.717) is 12.1 Å². The zero-order valence-electron chi connectivity index (χ0n) is 19.5. The van der Waals surface area contributed by atoms with Crippen LogP contribution in [0.3, 0.4) is 0 Å². The molecule has 0 aliphatic heterocycles. The number of carbonyl (C=O) groups is 2. The summed E-state index contributed by atoms with van der Waals surface area (Å²) in [6.45, 7) is 2.25. The number of anilines is 1. The van der Waals surface area contributed by atoms with Gasteiger partial charge >= 0.3 is 5.97 Å². The van der Waals surface area contributed by atoms with Crippen LogP contribution in [0.15, 0.2) is 30.4 Å². The molecule has 0 heterocycles. The van der Waals surface area contributed by atoms with Crippen LogP contribution in [-0.2, 0) is 4.79 Å². The van der Waals surface area contributed by atoms with Crippen LogP contribution in [0.5, 0.6) is 5.75 Å². The molecule has 1 aromatic rings. The van der Waals surface area contributed by atoms with Gasteiger partial charge < -0.3 is 15.2 Å². The molecular formula is C26H41NO4. The Hall–Kier alpha value is -2.30. The number of rotatable bonds is 18. The molecule has 0 aliphatic carbocycles. The van der Waals surface area contributed by atoms with E-state index in [1.807, 2.05) is 0 Å². The standard InChI is InChI=1S/C26H41NO4/c1-3-4-5-6-7-8-9-10-11-12-13-14-15-16-17-18-25(28)27-22-19-20-24(31-2)23(21-22)26(29)30/h10-11,19-21H,3-9,12-18H2,1-2H3,(H,27,28)(H,29,30). The minimum Gasteiger partial charge on any atom is -0.496 e. The van der Waals surface area contributed by atoms with Crippen LogP contribution in [0.4, 0.5) is 5.69 Å². The third kappa shape index (κ3) is 12.9. The molecule has 0 unspecified atom stereocenters. The Morgan fingerprint density at radius 1 is 0.903 bits per heavy atom. The van der Waals surface area contributed by atoms with Crippen molar-refractivity contribution in [2.45, 2.75) is 96.8 Å². The third-order valence-electron chi connectivity index (χ3n) is 5.38. The number of unbranched alkanes of at least 4 members (excludes halogenated alkanes) is 11. The van der Waals surface area contributed by atoms with Gasteiger partial charge in [0.15, 0.2) is 0 Å². The van der Waals surface area contributed by atoms with Gasteiger partial charge in [-0.3, -0.25) is 4.79 Å². The van der Waals surface area contributed by atoms with E-state index in [9.17, 15) is 14.7 Å². The minimum absolute atomic E-state index is 0.0429. The van der Waals surface area contributed by atoms with Crippen LogP contribution < -0.4 is 10.1 Å². The maximum Gasteiger partial charge on any atom is 0.339 e. The summed E-state index contributed by atoms with van der Waals surface area (Å²) >= 11 is 0. The normalized spacial score (nSPS) is 11.0. The van der Waals surface area contributed by atoms with Gasteiger partial charge in [-0.15, -0.1) is 0 Å². The molecule has 1 rings (SSSR count). The summed E-state index contributed by atoms with van der Waals surface area (Å²) in [6.07, 6.45) is 21.0. The van der Waals surface area contributed by atoms with Gasteiger partial charge in [-0.25, -0.2) is 4.79 Å². The van der Waals surface area contributed by atoms with Crippen molar-refractivity contribution in [2.75, 3.05) is 12.4 Å². The molecule has 174 valence electrons. The Balaban J connectivity index is 2.04. The van der Waals surface area contributed by atoms with Crippen molar-refractivity contribution >= 4 is 17.6 Å². The number of aromatic carboxylic acids is 1. The number of hydrogen-bond acceptors (Lipinski definition) is 3. The molecule has 0 aromatic heterocycles. The van der Waals surface area contributed by atoms with Crippen LogP contribution in [0.2, 0.25) is 0 Å². The van der Waals surface area contributed by atoms with E-state index in [0.717, 1.165) is 25.7 Å². The highest BCUT2D eigenvalue weighted by molar-refractivity contribution is 5.95. The highest BCUT2D eigenvalue weighted by Crippen LogP contribution is 2.23. The number of benzene rings is 1. The lowest BCUT2D eigenvalue weighted by molar-refractivity contribution is -0.116. The van der Waals surface area contributed by atoms with E-state index in [4.69, 9.17) is 4.74 Å². The molecule has 0 aliphatic rings. The number of carboxylic acids is 1. The smallest absolute Gasteiger partial charge is 0.339 e. The fourth-order valence-electron chi connectivity index (χ4n) is 3.53. The summed E-state index contributed by atoms with van der Waals surface area (Å²) in [4.78, 5) is 23.3. The molecule has 5 heteroatoms. The lowest BCUT2D eigenvalue weighted by Crippen LogP contribution is -2.12. The van der Waals surface area contributed by atoms with E-state index >= 15 is 0 Å². The van der Waals surface area contributed by atoms with Gasteiger partial charge in [0.1, 0.15) is 11.3 Å². The van der Waals surface area contributed by atoms with Gasteiger partial charge in [-0.1, -0.05) is 70.4 Å². The van der Waals surface area contributed by atoms with Crippen molar-refractivity contribution in [3.8, 4) is 5.75 Å². The molecule has 0 bridgehead atoms. The van der Waals surface area contributed by atoms with Gasteiger partial charge in [-0.2, -0.15) is 0 Å². The summed E-state index contributed by atoms with van der Waals surface area (Å²) in [7, 11) is 1.42. The quantitative estimate of drug-likeness (QED) is 0.188. The fraction of sp³-hybridized carbons (Fsp3) is 0.615. The number of carboxylic acid groups (broad SMARTS) is 1. The second kappa shape index (κ2) is 17.4. The number of allylic oxidation sites excluding steroid dienone is 2. The number of hydrogen-bond donors (Lipinski definition) is 2. The maximum atomic E-state index is 12.1. The first-order chi connectivity index (χ1) is 15.1. The Labute approximate surface area is 188 Å². The monoisotopic (exact) mass is 431 g/mol. The Kier molecular flexibility index (Phi) is 15.0. The Bertz CT molecular complexity index is 669. The van der Waals surface area contributed by atoms with Crippen molar-refractivity contribution in [2.24, 2.45) is 0 Å². The summed E-state index contributed by atoms with van der Waals surface area (Å²) in [5.41, 5.74) is 0.525. The SMILES string of the molecule is CCCCCCCCC=CCCCCCCCC(=O)Nc1ccc(OC)c(C(=O)O)c1. The van der Waals surface area contributed by atoms with Gasteiger partial charge in [0.2, 0.25) is 5.91 Å². The molecule has 0 atom stereocenters. The van der Waals surface area contributed by atoms with Crippen molar-refractivity contribution in [1.82, 2.24) is 0 Å². The van der Waals surface area contributed by atoms with Crippen LogP contribution in [0.25, 0.3) is 0 Å². The van der Waals surface area contributed by atoms with Gasteiger partial charge in [-0.05, 0) is 50.3 Å². The van der Waals surface area contributed by atoms with E-state index < -0.39 is 5.97 Å². The maximum absolute atomic E-state index is 12.1. The highest BCUT2D eigenvalue weighted by Gasteiger charge is 2.12. The molecule has 0 spiro atoms. The van der Waals surface area contributed by atoms with Crippen molar-refractivity contribution in [1.29, 1.82) is 0 Å². The van der Waals surface area contributed by atoms with Crippen LogP contribution in [-0.4, -0.2) is 24.1 Å². The van der Waals surface area contributed by atoms with E-state index in [1.165, 1.54) is 71.0 Å². The van der Waals surface area contributed by atoms with Crippen LogP contribution in [0, 0.1) is 0 Å². The first kappa shape index (κ1) is 26.7. The molecule has 0 saturated heterocycles. The molecule has 1 aromatic carbocycles. The average molecular weight is 432 g/mol. The zero-order chi connectivity index (χ0) is 22.7. The largest absolute Gasteiger partial charge is 0.496 e. The molecular weight excluding hydrogens is 390 g/mol. The first-order valence-corrected chi connectivity index (χ1v) is 11.9. The average Bonchev–Trinajstić information content (AvgIpc) is 2.76. The molecule has 0 radical (unpaired) electrons.